The fraction of sp³-hybridized carbons (Fsp3) is 0.727. The van der Waals surface area contributed by atoms with Crippen molar-refractivity contribution < 1.29 is 23.0 Å². The van der Waals surface area contributed by atoms with Crippen LogP contribution < -0.4 is 9.80 Å². The van der Waals surface area contributed by atoms with Gasteiger partial charge in [-0.3, -0.25) is 0 Å². The van der Waals surface area contributed by atoms with Crippen LogP contribution in [0, 0.1) is 5.92 Å². The van der Waals surface area contributed by atoms with Gasteiger partial charge < -0.3 is 14.5 Å². The Morgan fingerprint density at radius 3 is 2.28 bits per heavy atom. The van der Waals surface area contributed by atoms with Crippen LogP contribution in [0.1, 0.15) is 39.2 Å². The number of hydrogen-bond acceptors (Lipinski definition) is 3. The molecule has 2 atom stereocenters. The molecule has 0 saturated carbocycles. The van der Waals surface area contributed by atoms with E-state index in [9.17, 15) is 8.42 Å². The Balaban J connectivity index is 1.52. The van der Waals surface area contributed by atoms with E-state index in [2.05, 4.69) is 27.7 Å². The lowest BCUT2D eigenvalue weighted by Crippen LogP contribution is -3.19. The van der Waals surface area contributed by atoms with Crippen LogP contribution in [0.15, 0.2) is 29.2 Å². The molecular formula is C22H39N3O3S+2. The molecule has 0 bridgehead atoms. The molecule has 6 nitrogen and oxygen atoms in total. The maximum Gasteiger partial charge on any atom is 0.243 e. The first kappa shape index (κ1) is 22.7. The Morgan fingerprint density at radius 2 is 1.69 bits per heavy atom. The molecule has 2 heterocycles. The van der Waals surface area contributed by atoms with Gasteiger partial charge in [0.05, 0.1) is 44.2 Å². The van der Waals surface area contributed by atoms with Crippen molar-refractivity contribution in [1.82, 2.24) is 4.31 Å². The largest absolute Gasteiger partial charge is 0.361 e. The van der Waals surface area contributed by atoms with Gasteiger partial charge in [0, 0.05) is 5.92 Å². The normalized spacial score (nSPS) is 25.0. The zero-order valence-corrected chi connectivity index (χ0v) is 19.3. The van der Waals surface area contributed by atoms with E-state index in [4.69, 9.17) is 4.74 Å². The van der Waals surface area contributed by atoms with Gasteiger partial charge in [-0.15, -0.1) is 0 Å². The number of hydrogen-bond donors (Lipinski definition) is 2. The minimum atomic E-state index is -3.40. The fourth-order valence-electron chi connectivity index (χ4n) is 4.49. The molecule has 2 fully saturated rings. The Hall–Kier alpha value is -0.990. The van der Waals surface area contributed by atoms with Crippen LogP contribution in [0.2, 0.25) is 0 Å². The summed E-state index contributed by atoms with van der Waals surface area (Å²) >= 11 is 0. The SMILES string of the molecule is CC(C)C[NH+]1CCO[C@H](C[NH+]2CCN(S(=O)(=O)c3ccc(C(C)C)cc3)CC2)C1. The van der Waals surface area contributed by atoms with Crippen LogP contribution in [0.25, 0.3) is 0 Å². The van der Waals surface area contributed by atoms with Gasteiger partial charge in [-0.2, -0.15) is 4.31 Å². The van der Waals surface area contributed by atoms with Crippen LogP contribution >= 0.6 is 0 Å². The molecule has 2 N–H and O–H groups in total. The van der Waals surface area contributed by atoms with E-state index in [0.717, 1.165) is 39.3 Å². The topological polar surface area (TPSA) is 55.5 Å². The predicted octanol–water partition coefficient (Wildman–Crippen LogP) is -0.361. The monoisotopic (exact) mass is 425 g/mol. The van der Waals surface area contributed by atoms with Gasteiger partial charge in [0.25, 0.3) is 0 Å². The van der Waals surface area contributed by atoms with Gasteiger partial charge in [-0.05, 0) is 23.6 Å². The van der Waals surface area contributed by atoms with Gasteiger partial charge in [0.2, 0.25) is 10.0 Å². The van der Waals surface area contributed by atoms with Crippen LogP contribution in [0.4, 0.5) is 0 Å². The van der Waals surface area contributed by atoms with Crippen LogP contribution in [-0.4, -0.2) is 77.8 Å². The summed E-state index contributed by atoms with van der Waals surface area (Å²) in [5.74, 6) is 1.11. The van der Waals surface area contributed by atoms with Crippen molar-refractivity contribution in [2.75, 3.05) is 59.0 Å². The van der Waals surface area contributed by atoms with Gasteiger partial charge in [0.15, 0.2) is 6.10 Å². The summed E-state index contributed by atoms with van der Waals surface area (Å²) in [6, 6.07) is 7.38. The van der Waals surface area contributed by atoms with Crippen LogP contribution in [-0.2, 0) is 14.8 Å². The highest BCUT2D eigenvalue weighted by molar-refractivity contribution is 7.89. The molecule has 164 valence electrons. The predicted molar refractivity (Wildman–Crippen MR) is 115 cm³/mol. The van der Waals surface area contributed by atoms with E-state index in [-0.39, 0.29) is 0 Å². The Labute approximate surface area is 176 Å². The minimum Gasteiger partial charge on any atom is -0.361 e. The molecule has 2 saturated heterocycles. The Morgan fingerprint density at radius 1 is 1.03 bits per heavy atom. The van der Waals surface area contributed by atoms with E-state index in [0.29, 0.717) is 35.9 Å². The van der Waals surface area contributed by atoms with E-state index < -0.39 is 10.0 Å². The van der Waals surface area contributed by atoms with Gasteiger partial charge in [-0.25, -0.2) is 8.42 Å². The third-order valence-corrected chi connectivity index (χ3v) is 8.07. The number of morpholine rings is 1. The molecule has 2 aliphatic rings. The van der Waals surface area contributed by atoms with Crippen molar-refractivity contribution in [2.24, 2.45) is 5.92 Å². The van der Waals surface area contributed by atoms with Crippen molar-refractivity contribution in [3.8, 4) is 0 Å². The average molecular weight is 426 g/mol. The quantitative estimate of drug-likeness (QED) is 0.627. The minimum absolute atomic E-state index is 0.291. The zero-order valence-electron chi connectivity index (χ0n) is 18.5. The number of benzene rings is 1. The molecule has 1 aromatic carbocycles. The van der Waals surface area contributed by atoms with E-state index in [1.165, 1.54) is 17.0 Å². The highest BCUT2D eigenvalue weighted by Crippen LogP contribution is 2.20. The Kier molecular flexibility index (Phi) is 7.73. The zero-order chi connectivity index (χ0) is 21.0. The number of ether oxygens (including phenoxy) is 1. The number of nitrogens with zero attached hydrogens (tertiary/aromatic N) is 1. The second kappa shape index (κ2) is 9.88. The molecule has 0 aliphatic carbocycles. The maximum atomic E-state index is 13.0. The van der Waals surface area contributed by atoms with Crippen molar-refractivity contribution >= 4 is 10.0 Å². The number of nitrogens with one attached hydrogen (secondary N) is 2. The summed E-state index contributed by atoms with van der Waals surface area (Å²) in [5, 5.41) is 0. The second-order valence-corrected chi connectivity index (χ2v) is 11.3. The lowest BCUT2D eigenvalue weighted by molar-refractivity contribution is -0.935. The number of sulfonamides is 1. The first-order chi connectivity index (χ1) is 13.8. The van der Waals surface area contributed by atoms with E-state index in [1.54, 1.807) is 21.3 Å². The third kappa shape index (κ3) is 6.01. The Bertz CT molecular complexity index is 741. The third-order valence-electron chi connectivity index (χ3n) is 6.15. The molecule has 29 heavy (non-hydrogen) atoms. The van der Waals surface area contributed by atoms with Crippen LogP contribution in [0.3, 0.4) is 0 Å². The van der Waals surface area contributed by atoms with Crippen molar-refractivity contribution in [3.63, 3.8) is 0 Å². The smallest absolute Gasteiger partial charge is 0.243 e. The number of rotatable bonds is 7. The lowest BCUT2D eigenvalue weighted by atomic mass is 10.0. The second-order valence-electron chi connectivity index (χ2n) is 9.38. The summed E-state index contributed by atoms with van der Waals surface area (Å²) in [6.45, 7) is 16.9. The fourth-order valence-corrected chi connectivity index (χ4v) is 5.93. The van der Waals surface area contributed by atoms with Crippen LogP contribution in [0.5, 0.6) is 0 Å². The maximum absolute atomic E-state index is 13.0. The molecule has 1 unspecified atom stereocenters. The van der Waals surface area contributed by atoms with E-state index >= 15 is 0 Å². The molecule has 1 aromatic rings. The first-order valence-corrected chi connectivity index (χ1v) is 12.6. The molecular weight excluding hydrogens is 386 g/mol. The lowest BCUT2D eigenvalue weighted by Gasteiger charge is -2.36. The summed E-state index contributed by atoms with van der Waals surface area (Å²) in [7, 11) is -3.40. The van der Waals surface area contributed by atoms with Gasteiger partial charge in [-0.1, -0.05) is 39.8 Å². The highest BCUT2D eigenvalue weighted by Gasteiger charge is 2.33. The van der Waals surface area contributed by atoms with Gasteiger partial charge in [0.1, 0.15) is 19.6 Å². The summed E-state index contributed by atoms with van der Waals surface area (Å²) in [6.07, 6.45) is 0.291. The number of piperazine rings is 1. The molecule has 0 amide bonds. The average Bonchev–Trinajstić information content (AvgIpc) is 2.68. The summed E-state index contributed by atoms with van der Waals surface area (Å²) in [4.78, 5) is 3.51. The molecule has 0 spiro atoms. The molecule has 0 aromatic heterocycles. The van der Waals surface area contributed by atoms with Crippen molar-refractivity contribution in [2.45, 2.75) is 44.6 Å². The standard InChI is InChI=1S/C22H37N3O3S/c1-18(2)15-24-13-14-28-21(17-24)16-23-9-11-25(12-10-23)29(26,27)22-7-5-20(6-8-22)19(3)4/h5-8,18-19,21H,9-17H2,1-4H3/p+2/t21-/m1/s1. The van der Waals surface area contributed by atoms with Crippen molar-refractivity contribution in [1.29, 1.82) is 0 Å². The summed E-state index contributed by atoms with van der Waals surface area (Å²) < 4.78 is 33.7. The summed E-state index contributed by atoms with van der Waals surface area (Å²) in [5.41, 5.74) is 1.17. The molecule has 2 aliphatic heterocycles. The molecule has 7 heteroatoms. The van der Waals surface area contributed by atoms with Crippen molar-refractivity contribution in [3.05, 3.63) is 29.8 Å². The number of quaternary nitrogens is 2. The highest BCUT2D eigenvalue weighted by atomic mass is 32.2. The molecule has 0 radical (unpaired) electrons. The first-order valence-electron chi connectivity index (χ1n) is 11.1. The van der Waals surface area contributed by atoms with Gasteiger partial charge >= 0.3 is 0 Å². The van der Waals surface area contributed by atoms with E-state index in [1.807, 2.05) is 12.1 Å². The molecule has 3 rings (SSSR count).